The van der Waals surface area contributed by atoms with Gasteiger partial charge in [0.2, 0.25) is 5.91 Å². The van der Waals surface area contributed by atoms with E-state index in [-0.39, 0.29) is 12.0 Å². The third-order valence-corrected chi connectivity index (χ3v) is 3.90. The lowest BCUT2D eigenvalue weighted by Gasteiger charge is -2.08. The number of thiophene rings is 1. The molecule has 0 aliphatic carbocycles. The van der Waals surface area contributed by atoms with Crippen molar-refractivity contribution in [3.8, 4) is 0 Å². The SMILES string of the molecule is CC(C)OCCC(=O)Nc1ccc2sc(C(=O)O)cc2c1. The summed E-state index contributed by atoms with van der Waals surface area (Å²) in [5.41, 5.74) is 0.659. The molecule has 0 aliphatic heterocycles. The highest BCUT2D eigenvalue weighted by Crippen LogP contribution is 2.28. The van der Waals surface area contributed by atoms with Crippen molar-refractivity contribution in [3.05, 3.63) is 29.1 Å². The smallest absolute Gasteiger partial charge is 0.345 e. The first-order chi connectivity index (χ1) is 9.95. The molecule has 0 saturated heterocycles. The van der Waals surface area contributed by atoms with Crippen molar-refractivity contribution in [1.29, 1.82) is 0 Å². The molecule has 1 aromatic heterocycles. The largest absolute Gasteiger partial charge is 0.477 e. The lowest BCUT2D eigenvalue weighted by molar-refractivity contribution is -0.117. The maximum atomic E-state index is 11.8. The van der Waals surface area contributed by atoms with Gasteiger partial charge in [-0.3, -0.25) is 4.79 Å². The van der Waals surface area contributed by atoms with Crippen LogP contribution in [0.2, 0.25) is 0 Å². The number of carboxylic acids is 1. The van der Waals surface area contributed by atoms with Gasteiger partial charge < -0.3 is 15.2 Å². The molecule has 112 valence electrons. The Kier molecular flexibility index (Phi) is 4.93. The molecule has 0 radical (unpaired) electrons. The van der Waals surface area contributed by atoms with Crippen LogP contribution in [0.3, 0.4) is 0 Å². The molecule has 0 fully saturated rings. The molecule has 2 N–H and O–H groups in total. The number of ether oxygens (including phenoxy) is 1. The molecule has 0 atom stereocenters. The van der Waals surface area contributed by atoms with Gasteiger partial charge in [-0.2, -0.15) is 0 Å². The van der Waals surface area contributed by atoms with Gasteiger partial charge in [0.05, 0.1) is 19.1 Å². The minimum absolute atomic E-state index is 0.106. The highest BCUT2D eigenvalue weighted by molar-refractivity contribution is 7.20. The fourth-order valence-electron chi connectivity index (χ4n) is 1.84. The average Bonchev–Trinajstić information content (AvgIpc) is 2.81. The number of nitrogens with one attached hydrogen (secondary N) is 1. The molecule has 21 heavy (non-hydrogen) atoms. The first kappa shape index (κ1) is 15.5. The molecule has 2 aromatic rings. The third-order valence-electron chi connectivity index (χ3n) is 2.79. The van der Waals surface area contributed by atoms with Crippen molar-refractivity contribution in [2.45, 2.75) is 26.4 Å². The molecule has 6 heteroatoms. The summed E-state index contributed by atoms with van der Waals surface area (Å²) in [5, 5.41) is 12.6. The van der Waals surface area contributed by atoms with Gasteiger partial charge in [-0.1, -0.05) is 0 Å². The Morgan fingerprint density at radius 2 is 2.10 bits per heavy atom. The van der Waals surface area contributed by atoms with E-state index in [1.807, 2.05) is 19.9 Å². The lowest BCUT2D eigenvalue weighted by atomic mass is 10.2. The predicted molar refractivity (Wildman–Crippen MR) is 83.1 cm³/mol. The lowest BCUT2D eigenvalue weighted by Crippen LogP contribution is -2.15. The van der Waals surface area contributed by atoms with Gasteiger partial charge in [0.15, 0.2) is 0 Å². The minimum Gasteiger partial charge on any atom is -0.477 e. The number of hydrogen-bond acceptors (Lipinski definition) is 4. The van der Waals surface area contributed by atoms with Crippen LogP contribution in [-0.4, -0.2) is 29.7 Å². The van der Waals surface area contributed by atoms with Crippen molar-refractivity contribution in [3.63, 3.8) is 0 Å². The van der Waals surface area contributed by atoms with E-state index in [4.69, 9.17) is 9.84 Å². The highest BCUT2D eigenvalue weighted by Gasteiger charge is 2.09. The second-order valence-corrected chi connectivity index (χ2v) is 5.97. The average molecular weight is 307 g/mol. The van der Waals surface area contributed by atoms with Crippen molar-refractivity contribution in [2.75, 3.05) is 11.9 Å². The van der Waals surface area contributed by atoms with E-state index in [9.17, 15) is 9.59 Å². The van der Waals surface area contributed by atoms with Crippen molar-refractivity contribution >= 4 is 39.0 Å². The van der Waals surface area contributed by atoms with E-state index in [1.165, 1.54) is 11.3 Å². The minimum atomic E-state index is -0.937. The Bertz CT molecular complexity index is 663. The van der Waals surface area contributed by atoms with E-state index in [1.54, 1.807) is 18.2 Å². The zero-order valence-electron chi connectivity index (χ0n) is 11.9. The topological polar surface area (TPSA) is 75.6 Å². The van der Waals surface area contributed by atoms with Crippen molar-refractivity contribution in [1.82, 2.24) is 0 Å². The Labute approximate surface area is 126 Å². The summed E-state index contributed by atoms with van der Waals surface area (Å²) in [6.07, 6.45) is 0.398. The summed E-state index contributed by atoms with van der Waals surface area (Å²) in [5.74, 6) is -1.06. The third kappa shape index (κ3) is 4.27. The summed E-state index contributed by atoms with van der Waals surface area (Å²) in [6.45, 7) is 4.22. The number of rotatable bonds is 6. The van der Waals surface area contributed by atoms with E-state index >= 15 is 0 Å². The fourth-order valence-corrected chi connectivity index (χ4v) is 2.72. The monoisotopic (exact) mass is 307 g/mol. The number of amides is 1. The molecule has 1 amide bonds. The first-order valence-corrected chi connectivity index (χ1v) is 7.45. The first-order valence-electron chi connectivity index (χ1n) is 6.64. The van der Waals surface area contributed by atoms with Crippen LogP contribution in [0.25, 0.3) is 10.1 Å². The molecular formula is C15H17NO4S. The Balaban J connectivity index is 2.02. The van der Waals surface area contributed by atoms with Crippen LogP contribution in [0.4, 0.5) is 5.69 Å². The predicted octanol–water partition coefficient (Wildman–Crippen LogP) is 3.35. The summed E-state index contributed by atoms with van der Waals surface area (Å²) in [7, 11) is 0. The van der Waals surface area contributed by atoms with Gasteiger partial charge in [0.25, 0.3) is 0 Å². The van der Waals surface area contributed by atoms with Crippen LogP contribution >= 0.6 is 11.3 Å². The molecule has 0 saturated carbocycles. The van der Waals surface area contributed by atoms with Crippen LogP contribution in [0.5, 0.6) is 0 Å². The Morgan fingerprint density at radius 3 is 2.76 bits per heavy atom. The number of benzene rings is 1. The van der Waals surface area contributed by atoms with E-state index in [2.05, 4.69) is 5.32 Å². The van der Waals surface area contributed by atoms with Crippen molar-refractivity contribution < 1.29 is 19.4 Å². The molecule has 0 bridgehead atoms. The Morgan fingerprint density at radius 1 is 1.33 bits per heavy atom. The zero-order chi connectivity index (χ0) is 15.4. The molecule has 1 aromatic carbocycles. The molecule has 1 heterocycles. The van der Waals surface area contributed by atoms with Crippen LogP contribution in [0, 0.1) is 0 Å². The number of aromatic carboxylic acids is 1. The van der Waals surface area contributed by atoms with E-state index in [0.717, 1.165) is 10.1 Å². The standard InChI is InChI=1S/C15H17NO4S/c1-9(2)20-6-5-14(17)16-11-3-4-12-10(7-11)8-13(21-12)15(18)19/h3-4,7-9H,5-6H2,1-2H3,(H,16,17)(H,18,19). The maximum absolute atomic E-state index is 11.8. The summed E-state index contributed by atoms with van der Waals surface area (Å²) >= 11 is 1.22. The van der Waals surface area contributed by atoms with Gasteiger partial charge in [-0.25, -0.2) is 4.79 Å². The molecular weight excluding hydrogens is 290 g/mol. The molecule has 5 nitrogen and oxygen atoms in total. The van der Waals surface area contributed by atoms with Crippen LogP contribution in [0.15, 0.2) is 24.3 Å². The number of fused-ring (bicyclic) bond motifs is 1. The van der Waals surface area contributed by atoms with Crippen molar-refractivity contribution in [2.24, 2.45) is 0 Å². The van der Waals surface area contributed by atoms with E-state index in [0.29, 0.717) is 23.6 Å². The van der Waals surface area contributed by atoms with Gasteiger partial charge in [0.1, 0.15) is 4.88 Å². The van der Waals surface area contributed by atoms with Gasteiger partial charge in [0, 0.05) is 10.4 Å². The number of carbonyl (C=O) groups excluding carboxylic acids is 1. The van der Waals surface area contributed by atoms with Crippen LogP contribution < -0.4 is 5.32 Å². The zero-order valence-corrected chi connectivity index (χ0v) is 12.7. The van der Waals surface area contributed by atoms with Crippen LogP contribution in [0.1, 0.15) is 29.9 Å². The number of carboxylic acid groups (broad SMARTS) is 1. The van der Waals surface area contributed by atoms with Gasteiger partial charge in [-0.15, -0.1) is 11.3 Å². The Hall–Kier alpha value is -1.92. The fraction of sp³-hybridized carbons (Fsp3) is 0.333. The van der Waals surface area contributed by atoms with Gasteiger partial charge >= 0.3 is 5.97 Å². The second kappa shape index (κ2) is 6.69. The van der Waals surface area contributed by atoms with Gasteiger partial charge in [-0.05, 0) is 43.5 Å². The highest BCUT2D eigenvalue weighted by atomic mass is 32.1. The summed E-state index contributed by atoms with van der Waals surface area (Å²) in [4.78, 5) is 23.0. The van der Waals surface area contributed by atoms with E-state index < -0.39 is 5.97 Å². The molecule has 0 spiro atoms. The maximum Gasteiger partial charge on any atom is 0.345 e. The second-order valence-electron chi connectivity index (χ2n) is 4.89. The molecule has 2 rings (SSSR count). The number of anilines is 1. The summed E-state index contributed by atoms with van der Waals surface area (Å²) < 4.78 is 6.21. The number of hydrogen-bond donors (Lipinski definition) is 2. The molecule has 0 aliphatic rings. The quantitative estimate of drug-likeness (QED) is 0.858. The van der Waals surface area contributed by atoms with Crippen LogP contribution in [-0.2, 0) is 9.53 Å². The normalized spacial score (nSPS) is 11.0. The molecule has 0 unspecified atom stereocenters. The summed E-state index contributed by atoms with van der Waals surface area (Å²) in [6, 6.07) is 6.97. The number of carbonyl (C=O) groups is 2.